The predicted molar refractivity (Wildman–Crippen MR) is 56.8 cm³/mol. The van der Waals surface area contributed by atoms with Gasteiger partial charge in [0, 0.05) is 11.6 Å². The van der Waals surface area contributed by atoms with Gasteiger partial charge in [-0.1, -0.05) is 38.7 Å². The minimum absolute atomic E-state index is 0.414. The molecule has 0 heterocycles. The van der Waals surface area contributed by atoms with E-state index in [0.717, 1.165) is 17.8 Å². The first-order chi connectivity index (χ1) is 6.25. The van der Waals surface area contributed by atoms with Crippen molar-refractivity contribution >= 4 is 0 Å². The quantitative estimate of drug-likeness (QED) is 0.638. The Labute approximate surface area is 80.7 Å². The van der Waals surface area contributed by atoms with Crippen LogP contribution in [0.5, 0.6) is 0 Å². The van der Waals surface area contributed by atoms with Crippen LogP contribution in [0.15, 0.2) is 23.5 Å². The first-order valence-corrected chi connectivity index (χ1v) is 5.19. The SMILES string of the molecule is CCCCCCC1C=CC(N)=C1N. The molecule has 0 bridgehead atoms. The van der Waals surface area contributed by atoms with Crippen molar-refractivity contribution < 1.29 is 0 Å². The monoisotopic (exact) mass is 180 g/mol. The van der Waals surface area contributed by atoms with Crippen LogP contribution in [0.1, 0.15) is 39.0 Å². The van der Waals surface area contributed by atoms with Gasteiger partial charge in [0.15, 0.2) is 0 Å². The Kier molecular flexibility index (Phi) is 3.87. The van der Waals surface area contributed by atoms with E-state index in [1.807, 2.05) is 6.08 Å². The number of nitrogens with two attached hydrogens (primary N) is 2. The number of rotatable bonds is 5. The van der Waals surface area contributed by atoms with Crippen LogP contribution in [-0.2, 0) is 0 Å². The van der Waals surface area contributed by atoms with Gasteiger partial charge in [0.2, 0.25) is 0 Å². The molecule has 13 heavy (non-hydrogen) atoms. The summed E-state index contributed by atoms with van der Waals surface area (Å²) in [5.41, 5.74) is 13.1. The Hall–Kier alpha value is -0.920. The van der Waals surface area contributed by atoms with Crippen LogP contribution < -0.4 is 11.5 Å². The van der Waals surface area contributed by atoms with Gasteiger partial charge in [-0.3, -0.25) is 0 Å². The molecule has 0 amide bonds. The zero-order valence-electron chi connectivity index (χ0n) is 8.42. The molecular formula is C11H20N2. The second kappa shape index (κ2) is 4.95. The summed E-state index contributed by atoms with van der Waals surface area (Å²) in [6, 6.07) is 0. The van der Waals surface area contributed by atoms with E-state index in [0.29, 0.717) is 5.92 Å². The molecule has 0 aromatic rings. The van der Waals surface area contributed by atoms with Gasteiger partial charge in [0.1, 0.15) is 0 Å². The first-order valence-electron chi connectivity index (χ1n) is 5.19. The lowest BCUT2D eigenvalue weighted by Crippen LogP contribution is -2.11. The van der Waals surface area contributed by atoms with Crippen molar-refractivity contribution in [1.29, 1.82) is 0 Å². The fourth-order valence-corrected chi connectivity index (χ4v) is 1.68. The first kappa shape index (κ1) is 10.2. The van der Waals surface area contributed by atoms with E-state index < -0.39 is 0 Å². The molecule has 4 N–H and O–H groups in total. The van der Waals surface area contributed by atoms with E-state index in [4.69, 9.17) is 11.5 Å². The van der Waals surface area contributed by atoms with Gasteiger partial charge < -0.3 is 11.5 Å². The second-order valence-corrected chi connectivity index (χ2v) is 3.73. The molecule has 0 spiro atoms. The molecule has 1 unspecified atom stereocenters. The number of hydrogen-bond acceptors (Lipinski definition) is 2. The number of unbranched alkanes of at least 4 members (excludes halogenated alkanes) is 3. The third-order valence-electron chi connectivity index (χ3n) is 2.61. The summed E-state index contributed by atoms with van der Waals surface area (Å²) in [5.74, 6) is 0.414. The Morgan fingerprint density at radius 1 is 1.23 bits per heavy atom. The maximum atomic E-state index is 5.83. The molecule has 2 heteroatoms. The molecule has 0 saturated heterocycles. The van der Waals surface area contributed by atoms with Crippen molar-refractivity contribution in [3.63, 3.8) is 0 Å². The van der Waals surface area contributed by atoms with Crippen LogP contribution in [0.4, 0.5) is 0 Å². The normalized spacial score (nSPS) is 21.5. The van der Waals surface area contributed by atoms with Gasteiger partial charge in [0.05, 0.1) is 5.70 Å². The third-order valence-corrected chi connectivity index (χ3v) is 2.61. The van der Waals surface area contributed by atoms with Gasteiger partial charge >= 0.3 is 0 Å². The van der Waals surface area contributed by atoms with Crippen LogP contribution >= 0.6 is 0 Å². The summed E-state index contributed by atoms with van der Waals surface area (Å²) in [6.45, 7) is 2.22. The Morgan fingerprint density at radius 2 is 2.00 bits per heavy atom. The summed E-state index contributed by atoms with van der Waals surface area (Å²) >= 11 is 0. The summed E-state index contributed by atoms with van der Waals surface area (Å²) in [7, 11) is 0. The molecule has 1 aliphatic rings. The highest BCUT2D eigenvalue weighted by atomic mass is 14.7. The minimum Gasteiger partial charge on any atom is -0.400 e. The van der Waals surface area contributed by atoms with E-state index >= 15 is 0 Å². The highest BCUT2D eigenvalue weighted by Crippen LogP contribution is 2.23. The maximum Gasteiger partial charge on any atom is 0.0508 e. The molecule has 1 aliphatic carbocycles. The summed E-state index contributed by atoms with van der Waals surface area (Å²) in [5, 5.41) is 0. The van der Waals surface area contributed by atoms with Gasteiger partial charge in [-0.15, -0.1) is 0 Å². The fourth-order valence-electron chi connectivity index (χ4n) is 1.68. The van der Waals surface area contributed by atoms with E-state index in [2.05, 4.69) is 13.0 Å². The van der Waals surface area contributed by atoms with Crippen molar-refractivity contribution in [2.45, 2.75) is 39.0 Å². The predicted octanol–water partition coefficient (Wildman–Crippen LogP) is 2.27. The average molecular weight is 180 g/mol. The zero-order valence-corrected chi connectivity index (χ0v) is 8.42. The Morgan fingerprint density at radius 3 is 2.54 bits per heavy atom. The second-order valence-electron chi connectivity index (χ2n) is 3.73. The van der Waals surface area contributed by atoms with Gasteiger partial charge in [-0.05, 0) is 12.5 Å². The standard InChI is InChI=1S/C11H20N2/c1-2-3-4-5-6-9-7-8-10(12)11(9)13/h7-9H,2-6,12-13H2,1H3. The molecule has 0 fully saturated rings. The zero-order chi connectivity index (χ0) is 9.68. The van der Waals surface area contributed by atoms with Crippen LogP contribution in [-0.4, -0.2) is 0 Å². The van der Waals surface area contributed by atoms with Crippen LogP contribution in [0.25, 0.3) is 0 Å². The fraction of sp³-hybridized carbons (Fsp3) is 0.636. The smallest absolute Gasteiger partial charge is 0.0508 e. The van der Waals surface area contributed by atoms with E-state index in [1.54, 1.807) is 0 Å². The summed E-state index contributed by atoms with van der Waals surface area (Å²) < 4.78 is 0. The molecule has 2 nitrogen and oxygen atoms in total. The van der Waals surface area contributed by atoms with E-state index in [9.17, 15) is 0 Å². The Balaban J connectivity index is 2.20. The lowest BCUT2D eigenvalue weighted by Gasteiger charge is -2.09. The molecule has 0 aliphatic heterocycles. The lowest BCUT2D eigenvalue weighted by atomic mass is 10.00. The van der Waals surface area contributed by atoms with Gasteiger partial charge in [0.25, 0.3) is 0 Å². The lowest BCUT2D eigenvalue weighted by molar-refractivity contribution is 0.575. The van der Waals surface area contributed by atoms with Crippen molar-refractivity contribution in [3.8, 4) is 0 Å². The number of allylic oxidation sites excluding steroid dienone is 2. The van der Waals surface area contributed by atoms with Crippen LogP contribution in [0.2, 0.25) is 0 Å². The summed E-state index contributed by atoms with van der Waals surface area (Å²) in [4.78, 5) is 0. The Bertz CT molecular complexity index is 216. The largest absolute Gasteiger partial charge is 0.400 e. The van der Waals surface area contributed by atoms with Gasteiger partial charge in [-0.25, -0.2) is 0 Å². The molecule has 1 atom stereocenters. The van der Waals surface area contributed by atoms with E-state index in [1.165, 1.54) is 25.7 Å². The molecule has 0 radical (unpaired) electrons. The van der Waals surface area contributed by atoms with E-state index in [-0.39, 0.29) is 0 Å². The summed E-state index contributed by atoms with van der Waals surface area (Å²) in [6.07, 6.45) is 10.4. The van der Waals surface area contributed by atoms with Gasteiger partial charge in [-0.2, -0.15) is 0 Å². The van der Waals surface area contributed by atoms with Crippen LogP contribution in [0, 0.1) is 5.92 Å². The maximum absolute atomic E-state index is 5.83. The molecular weight excluding hydrogens is 160 g/mol. The minimum atomic E-state index is 0.414. The highest BCUT2D eigenvalue weighted by molar-refractivity contribution is 5.32. The van der Waals surface area contributed by atoms with Crippen molar-refractivity contribution in [2.24, 2.45) is 17.4 Å². The molecule has 74 valence electrons. The highest BCUT2D eigenvalue weighted by Gasteiger charge is 2.14. The molecule has 0 aromatic heterocycles. The molecule has 1 rings (SSSR count). The number of hydrogen-bond donors (Lipinski definition) is 2. The topological polar surface area (TPSA) is 52.0 Å². The van der Waals surface area contributed by atoms with Crippen molar-refractivity contribution in [1.82, 2.24) is 0 Å². The molecule has 0 aromatic carbocycles. The van der Waals surface area contributed by atoms with Crippen LogP contribution in [0.3, 0.4) is 0 Å². The third kappa shape index (κ3) is 2.79. The average Bonchev–Trinajstić information content (AvgIpc) is 2.43. The molecule has 0 saturated carbocycles. The van der Waals surface area contributed by atoms with Crippen molar-refractivity contribution in [2.75, 3.05) is 0 Å². The van der Waals surface area contributed by atoms with Crippen molar-refractivity contribution in [3.05, 3.63) is 23.5 Å².